The van der Waals surface area contributed by atoms with Crippen molar-refractivity contribution in [2.24, 2.45) is 0 Å². The molecule has 0 aliphatic carbocycles. The third-order valence-corrected chi connectivity index (χ3v) is 4.63. The van der Waals surface area contributed by atoms with E-state index in [9.17, 15) is 4.79 Å². The summed E-state index contributed by atoms with van der Waals surface area (Å²) in [6, 6.07) is 1.89. The molecule has 1 aromatic heterocycles. The van der Waals surface area contributed by atoms with Gasteiger partial charge in [-0.3, -0.25) is 4.79 Å². The molecule has 1 unspecified atom stereocenters. The first-order valence-corrected chi connectivity index (χ1v) is 8.30. The van der Waals surface area contributed by atoms with Gasteiger partial charge in [-0.1, -0.05) is 0 Å². The number of thiophene rings is 1. The van der Waals surface area contributed by atoms with Gasteiger partial charge >= 0.3 is 0 Å². The minimum Gasteiger partial charge on any atom is -0.392 e. The molecule has 1 fully saturated rings. The average molecular weight is 309 g/mol. The van der Waals surface area contributed by atoms with Crippen LogP contribution < -0.4 is 0 Å². The number of nitrogens with zero attached hydrogens (tertiary/aromatic N) is 1. The molecule has 1 amide bonds. The molecule has 2 heterocycles. The van der Waals surface area contributed by atoms with E-state index in [4.69, 9.17) is 9.84 Å². The Labute approximate surface area is 130 Å². The Morgan fingerprint density at radius 1 is 1.57 bits per heavy atom. The summed E-state index contributed by atoms with van der Waals surface area (Å²) in [6.45, 7) is 1.62. The van der Waals surface area contributed by atoms with E-state index >= 15 is 0 Å². The predicted molar refractivity (Wildman–Crippen MR) is 85.1 cm³/mol. The Balaban J connectivity index is 1.76. The van der Waals surface area contributed by atoms with Crippen molar-refractivity contribution in [2.75, 3.05) is 20.2 Å². The van der Waals surface area contributed by atoms with Crippen molar-refractivity contribution in [3.63, 3.8) is 0 Å². The second kappa shape index (κ2) is 8.32. The quantitative estimate of drug-likeness (QED) is 0.822. The van der Waals surface area contributed by atoms with Crippen molar-refractivity contribution in [1.29, 1.82) is 0 Å². The first kappa shape index (κ1) is 16.2. The smallest absolute Gasteiger partial charge is 0.246 e. The molecule has 1 aliphatic rings. The molecular formula is C16H23NO3S. The number of amides is 1. The number of aliphatic hydroxyl groups excluding tert-OH is 1. The van der Waals surface area contributed by atoms with Crippen LogP contribution in [-0.4, -0.2) is 42.2 Å². The van der Waals surface area contributed by atoms with Gasteiger partial charge in [-0.2, -0.15) is 0 Å². The highest BCUT2D eigenvalue weighted by molar-refractivity contribution is 7.11. The maximum atomic E-state index is 12.0. The van der Waals surface area contributed by atoms with Gasteiger partial charge in [-0.05, 0) is 48.8 Å². The Hall–Kier alpha value is -1.17. The summed E-state index contributed by atoms with van der Waals surface area (Å²) in [6.07, 6.45) is 8.11. The monoisotopic (exact) mass is 309 g/mol. The molecule has 0 spiro atoms. The lowest BCUT2D eigenvalue weighted by Gasteiger charge is -2.24. The zero-order chi connectivity index (χ0) is 15.1. The van der Waals surface area contributed by atoms with E-state index in [0.717, 1.165) is 42.9 Å². The van der Waals surface area contributed by atoms with Crippen molar-refractivity contribution in [2.45, 2.75) is 38.4 Å². The van der Waals surface area contributed by atoms with Gasteiger partial charge in [-0.15, -0.1) is 11.3 Å². The molecule has 2 rings (SSSR count). The number of hydrogen-bond donors (Lipinski definition) is 1. The summed E-state index contributed by atoms with van der Waals surface area (Å²) in [5.41, 5.74) is 0.884. The normalized spacial score (nSPS) is 19.0. The Bertz CT molecular complexity index is 478. The molecule has 1 atom stereocenters. The van der Waals surface area contributed by atoms with Gasteiger partial charge in [0.2, 0.25) is 5.91 Å². The summed E-state index contributed by atoms with van der Waals surface area (Å²) in [7, 11) is 1.82. The lowest BCUT2D eigenvalue weighted by molar-refractivity contribution is -0.125. The fraction of sp³-hybridized carbons (Fsp3) is 0.562. The molecule has 1 N–H and O–H groups in total. The van der Waals surface area contributed by atoms with Gasteiger partial charge < -0.3 is 14.7 Å². The number of carbonyl (C=O) groups is 1. The first-order chi connectivity index (χ1) is 10.2. The number of ether oxygens (including phenoxy) is 1. The molecule has 5 heteroatoms. The van der Waals surface area contributed by atoms with E-state index in [1.807, 2.05) is 18.5 Å². The third-order valence-electron chi connectivity index (χ3n) is 3.68. The largest absolute Gasteiger partial charge is 0.392 e. The van der Waals surface area contributed by atoms with Crippen molar-refractivity contribution in [1.82, 2.24) is 4.90 Å². The number of hydrogen-bond acceptors (Lipinski definition) is 4. The van der Waals surface area contributed by atoms with Crippen LogP contribution in [0, 0.1) is 0 Å². The molecule has 1 saturated heterocycles. The van der Waals surface area contributed by atoms with Crippen molar-refractivity contribution < 1.29 is 14.6 Å². The number of aliphatic hydroxyl groups is 1. The molecule has 0 radical (unpaired) electrons. The number of likely N-dealkylation sites (N-methyl/N-ethyl adjacent to an activating group) is 1. The molecule has 0 saturated carbocycles. The van der Waals surface area contributed by atoms with Crippen molar-refractivity contribution in [3.8, 4) is 0 Å². The summed E-state index contributed by atoms with van der Waals surface area (Å²) in [5, 5.41) is 10.9. The molecule has 0 aromatic carbocycles. The fourth-order valence-corrected chi connectivity index (χ4v) is 3.12. The molecule has 1 aromatic rings. The maximum absolute atomic E-state index is 12.0. The highest BCUT2D eigenvalue weighted by Gasteiger charge is 2.15. The molecular weight excluding hydrogens is 286 g/mol. The van der Waals surface area contributed by atoms with Gasteiger partial charge in [0.05, 0.1) is 12.7 Å². The lowest BCUT2D eigenvalue weighted by atomic mass is 10.1. The molecule has 1 aliphatic heterocycles. The van der Waals surface area contributed by atoms with Gasteiger partial charge in [0, 0.05) is 31.2 Å². The standard InChI is InChI=1S/C16H23NO3S/c1-17(8-7-14-4-2-3-9-20-14)16(19)6-5-15-10-13(11-18)12-21-15/h5-6,10,12,14,18H,2-4,7-9,11H2,1H3. The highest BCUT2D eigenvalue weighted by atomic mass is 32.1. The Kier molecular flexibility index (Phi) is 6.42. The van der Waals surface area contributed by atoms with E-state index in [0.29, 0.717) is 6.10 Å². The van der Waals surface area contributed by atoms with Crippen LogP contribution in [0.2, 0.25) is 0 Å². The van der Waals surface area contributed by atoms with Crippen LogP contribution in [0.25, 0.3) is 6.08 Å². The van der Waals surface area contributed by atoms with Gasteiger partial charge in [0.15, 0.2) is 0 Å². The van der Waals surface area contributed by atoms with E-state index in [2.05, 4.69) is 0 Å². The Morgan fingerprint density at radius 2 is 2.43 bits per heavy atom. The van der Waals surface area contributed by atoms with Crippen LogP contribution >= 0.6 is 11.3 Å². The minimum absolute atomic E-state index is 0.00441. The average Bonchev–Trinajstić information content (AvgIpc) is 2.99. The van der Waals surface area contributed by atoms with Gasteiger partial charge in [0.25, 0.3) is 0 Å². The van der Waals surface area contributed by atoms with Crippen molar-refractivity contribution >= 4 is 23.3 Å². The molecule has 116 valence electrons. The lowest BCUT2D eigenvalue weighted by Crippen LogP contribution is -2.30. The van der Waals surface area contributed by atoms with Crippen LogP contribution in [0.3, 0.4) is 0 Å². The zero-order valence-electron chi connectivity index (χ0n) is 12.5. The van der Waals surface area contributed by atoms with Crippen LogP contribution in [0.4, 0.5) is 0 Å². The van der Waals surface area contributed by atoms with E-state index < -0.39 is 0 Å². The molecule has 4 nitrogen and oxygen atoms in total. The number of rotatable bonds is 6. The first-order valence-electron chi connectivity index (χ1n) is 7.42. The van der Waals surface area contributed by atoms with Gasteiger partial charge in [0.1, 0.15) is 0 Å². The minimum atomic E-state index is 0.00441. The molecule has 0 bridgehead atoms. The Morgan fingerprint density at radius 3 is 3.10 bits per heavy atom. The second-order valence-corrected chi connectivity index (χ2v) is 6.33. The van der Waals surface area contributed by atoms with Crippen molar-refractivity contribution in [3.05, 3.63) is 28.0 Å². The fourth-order valence-electron chi connectivity index (χ4n) is 2.33. The van der Waals surface area contributed by atoms with Gasteiger partial charge in [-0.25, -0.2) is 0 Å². The summed E-state index contributed by atoms with van der Waals surface area (Å²) < 4.78 is 5.67. The van der Waals surface area contributed by atoms with Crippen LogP contribution in [0.15, 0.2) is 17.5 Å². The third kappa shape index (κ3) is 5.26. The van der Waals surface area contributed by atoms with E-state index in [1.165, 1.54) is 17.8 Å². The zero-order valence-corrected chi connectivity index (χ0v) is 13.3. The van der Waals surface area contributed by atoms with Crippen LogP contribution in [0.5, 0.6) is 0 Å². The summed E-state index contributed by atoms with van der Waals surface area (Å²) >= 11 is 1.53. The van der Waals surface area contributed by atoms with E-state index in [-0.39, 0.29) is 12.5 Å². The van der Waals surface area contributed by atoms with Crippen LogP contribution in [-0.2, 0) is 16.1 Å². The van der Waals surface area contributed by atoms with E-state index in [1.54, 1.807) is 17.1 Å². The highest BCUT2D eigenvalue weighted by Crippen LogP contribution is 2.17. The topological polar surface area (TPSA) is 49.8 Å². The summed E-state index contributed by atoms with van der Waals surface area (Å²) in [4.78, 5) is 14.7. The second-order valence-electron chi connectivity index (χ2n) is 5.39. The summed E-state index contributed by atoms with van der Waals surface area (Å²) in [5.74, 6) is 0.00441. The SMILES string of the molecule is CN(CCC1CCCCO1)C(=O)C=Cc1cc(CO)cs1. The van der Waals surface area contributed by atoms with Crippen LogP contribution in [0.1, 0.15) is 36.1 Å². The maximum Gasteiger partial charge on any atom is 0.246 e. The predicted octanol–water partition coefficient (Wildman–Crippen LogP) is 2.67. The molecule has 21 heavy (non-hydrogen) atoms. The number of carbonyl (C=O) groups excluding carboxylic acids is 1.